The molecule has 0 aliphatic carbocycles. The van der Waals surface area contributed by atoms with Crippen LogP contribution in [-0.2, 0) is 11.2 Å². The van der Waals surface area contributed by atoms with Crippen LogP contribution in [0.5, 0.6) is 5.75 Å². The van der Waals surface area contributed by atoms with Crippen molar-refractivity contribution in [1.29, 1.82) is 5.26 Å². The number of carbonyl (C=O) groups excluding carboxylic acids is 2. The van der Waals surface area contributed by atoms with E-state index >= 15 is 0 Å². The summed E-state index contributed by atoms with van der Waals surface area (Å²) < 4.78 is 32.6. The van der Waals surface area contributed by atoms with E-state index in [2.05, 4.69) is 11.4 Å². The van der Waals surface area contributed by atoms with Crippen LogP contribution in [0.1, 0.15) is 16.7 Å². The van der Waals surface area contributed by atoms with Gasteiger partial charge in [0, 0.05) is 25.2 Å². The number of hydrogen-bond donors (Lipinski definition) is 1. The average Bonchev–Trinajstić information content (AvgIpc) is 2.77. The fourth-order valence-electron chi connectivity index (χ4n) is 3.27. The van der Waals surface area contributed by atoms with Crippen LogP contribution < -0.4 is 15.0 Å². The van der Waals surface area contributed by atoms with E-state index in [4.69, 9.17) is 10.00 Å². The minimum Gasteiger partial charge on any atom is -0.410 e. The predicted molar refractivity (Wildman–Crippen MR) is 119 cm³/mol. The van der Waals surface area contributed by atoms with Crippen LogP contribution in [0.2, 0.25) is 0 Å². The molecule has 0 radical (unpaired) electrons. The quantitative estimate of drug-likeness (QED) is 0.600. The van der Waals surface area contributed by atoms with E-state index < -0.39 is 29.7 Å². The third kappa shape index (κ3) is 6.14. The molecule has 3 aromatic rings. The Labute approximate surface area is 190 Å². The lowest BCUT2D eigenvalue weighted by Crippen LogP contribution is -2.49. The highest BCUT2D eigenvalue weighted by molar-refractivity contribution is 5.98. The number of nitrogens with one attached hydrogen (secondary N) is 1. The molecule has 8 heteroatoms. The number of nitrogens with zero attached hydrogens (tertiary/aromatic N) is 2. The number of rotatable bonds is 6. The molecule has 0 spiro atoms. The molecule has 0 saturated carbocycles. The van der Waals surface area contributed by atoms with Crippen molar-refractivity contribution in [2.24, 2.45) is 0 Å². The van der Waals surface area contributed by atoms with E-state index in [0.717, 1.165) is 18.2 Å². The number of benzene rings is 3. The zero-order valence-electron chi connectivity index (χ0n) is 18.0. The first-order valence-corrected chi connectivity index (χ1v) is 10.0. The number of aryl methyl sites for hydroxylation is 1. The molecule has 2 amide bonds. The summed E-state index contributed by atoms with van der Waals surface area (Å²) in [6, 6.07) is 16.9. The number of anilines is 1. The summed E-state index contributed by atoms with van der Waals surface area (Å²) >= 11 is 0. The summed E-state index contributed by atoms with van der Waals surface area (Å²) in [7, 11) is 1.51. The largest absolute Gasteiger partial charge is 0.413 e. The molecular formula is C25H21F2N3O3. The zero-order valence-corrected chi connectivity index (χ0v) is 18.0. The van der Waals surface area contributed by atoms with E-state index in [-0.39, 0.29) is 17.7 Å². The first-order chi connectivity index (χ1) is 15.8. The van der Waals surface area contributed by atoms with Crippen molar-refractivity contribution in [2.45, 2.75) is 19.4 Å². The number of amides is 2. The number of nitriles is 1. The van der Waals surface area contributed by atoms with Gasteiger partial charge in [0.2, 0.25) is 5.91 Å². The fraction of sp³-hybridized carbons (Fsp3) is 0.160. The number of para-hydroxylation sites is 1. The monoisotopic (exact) mass is 449 g/mol. The Morgan fingerprint density at radius 1 is 1.06 bits per heavy atom. The highest BCUT2D eigenvalue weighted by Gasteiger charge is 2.27. The Morgan fingerprint density at radius 3 is 2.33 bits per heavy atom. The molecule has 0 aliphatic heterocycles. The number of ether oxygens (including phenoxy) is 1. The molecule has 0 aliphatic rings. The van der Waals surface area contributed by atoms with Gasteiger partial charge in [-0.15, -0.1) is 0 Å². The van der Waals surface area contributed by atoms with Crippen LogP contribution in [0.25, 0.3) is 0 Å². The number of hydrogen-bond acceptors (Lipinski definition) is 4. The molecule has 1 unspecified atom stereocenters. The predicted octanol–water partition coefficient (Wildman–Crippen LogP) is 4.51. The molecule has 6 nitrogen and oxygen atoms in total. The van der Waals surface area contributed by atoms with Gasteiger partial charge >= 0.3 is 6.09 Å². The second-order valence-corrected chi connectivity index (χ2v) is 7.39. The van der Waals surface area contributed by atoms with Gasteiger partial charge in [-0.05, 0) is 60.5 Å². The third-order valence-electron chi connectivity index (χ3n) is 4.95. The van der Waals surface area contributed by atoms with Crippen molar-refractivity contribution in [3.05, 3.63) is 95.1 Å². The van der Waals surface area contributed by atoms with Crippen molar-refractivity contribution in [3.8, 4) is 11.8 Å². The molecule has 168 valence electrons. The smallest absolute Gasteiger partial charge is 0.410 e. The van der Waals surface area contributed by atoms with E-state index in [9.17, 15) is 18.4 Å². The molecular weight excluding hydrogens is 428 g/mol. The van der Waals surface area contributed by atoms with E-state index in [1.807, 2.05) is 0 Å². The van der Waals surface area contributed by atoms with Crippen LogP contribution in [0.4, 0.5) is 19.3 Å². The molecule has 0 saturated heterocycles. The second-order valence-electron chi connectivity index (χ2n) is 7.39. The highest BCUT2D eigenvalue weighted by atomic mass is 19.1. The van der Waals surface area contributed by atoms with Gasteiger partial charge in [0.25, 0.3) is 0 Å². The molecule has 0 fully saturated rings. The maximum atomic E-state index is 13.7. The number of likely N-dealkylation sites (N-methyl/N-ethyl adjacent to an activating group) is 1. The zero-order chi connectivity index (χ0) is 24.0. The maximum Gasteiger partial charge on any atom is 0.413 e. The summed E-state index contributed by atoms with van der Waals surface area (Å²) in [5.74, 6) is -1.85. The minimum atomic E-state index is -1.18. The number of carbonyl (C=O) groups is 2. The Balaban J connectivity index is 1.85. The molecule has 1 N–H and O–H groups in total. The maximum absolute atomic E-state index is 13.7. The van der Waals surface area contributed by atoms with Gasteiger partial charge in [0.1, 0.15) is 23.4 Å². The van der Waals surface area contributed by atoms with Gasteiger partial charge in [-0.1, -0.05) is 18.2 Å². The van der Waals surface area contributed by atoms with E-state index in [0.29, 0.717) is 16.8 Å². The van der Waals surface area contributed by atoms with Gasteiger partial charge in [-0.25, -0.2) is 13.6 Å². The van der Waals surface area contributed by atoms with Gasteiger partial charge in [-0.2, -0.15) is 5.26 Å². The average molecular weight is 449 g/mol. The minimum absolute atomic E-state index is 0.170. The van der Waals surface area contributed by atoms with Gasteiger partial charge < -0.3 is 15.0 Å². The molecule has 0 heterocycles. The molecule has 33 heavy (non-hydrogen) atoms. The Kier molecular flexibility index (Phi) is 7.36. The van der Waals surface area contributed by atoms with Crippen molar-refractivity contribution in [2.75, 3.05) is 11.9 Å². The Hall–Kier alpha value is -4.25. The summed E-state index contributed by atoms with van der Waals surface area (Å²) in [6.45, 7) is 1.74. The van der Waals surface area contributed by atoms with Gasteiger partial charge in [-0.3, -0.25) is 4.79 Å². The lowest BCUT2D eigenvalue weighted by Gasteiger charge is -2.25. The van der Waals surface area contributed by atoms with Crippen LogP contribution >= 0.6 is 0 Å². The van der Waals surface area contributed by atoms with Crippen molar-refractivity contribution in [1.82, 2.24) is 5.32 Å². The van der Waals surface area contributed by atoms with E-state index in [1.165, 1.54) is 11.9 Å². The van der Waals surface area contributed by atoms with Gasteiger partial charge in [0.05, 0.1) is 11.6 Å². The van der Waals surface area contributed by atoms with Gasteiger partial charge in [0.15, 0.2) is 0 Å². The second kappa shape index (κ2) is 10.4. The summed E-state index contributed by atoms with van der Waals surface area (Å²) in [5, 5.41) is 11.6. The van der Waals surface area contributed by atoms with Crippen LogP contribution in [0.15, 0.2) is 66.7 Å². The lowest BCUT2D eigenvalue weighted by atomic mass is 10.0. The normalized spacial score (nSPS) is 11.2. The van der Waals surface area contributed by atoms with Crippen LogP contribution in [0, 0.1) is 29.9 Å². The first-order valence-electron chi connectivity index (χ1n) is 10.0. The summed E-state index contributed by atoms with van der Waals surface area (Å²) in [4.78, 5) is 27.0. The topological polar surface area (TPSA) is 82.4 Å². The SMILES string of the molecule is Cc1cc(N(C)C(=O)C(Cc2cc(F)cc(F)c2)NC(=O)Oc2ccccc2)ccc1C#N. The van der Waals surface area contributed by atoms with Crippen LogP contribution in [-0.4, -0.2) is 25.1 Å². The molecule has 3 aromatic carbocycles. The van der Waals surface area contributed by atoms with Crippen molar-refractivity contribution >= 4 is 17.7 Å². The molecule has 3 rings (SSSR count). The van der Waals surface area contributed by atoms with Crippen molar-refractivity contribution in [3.63, 3.8) is 0 Å². The van der Waals surface area contributed by atoms with Crippen LogP contribution in [0.3, 0.4) is 0 Å². The number of halogens is 2. The third-order valence-corrected chi connectivity index (χ3v) is 4.95. The first kappa shape index (κ1) is 23.4. The lowest BCUT2D eigenvalue weighted by molar-refractivity contribution is -0.120. The van der Waals surface area contributed by atoms with E-state index in [1.54, 1.807) is 55.5 Å². The molecule has 0 bridgehead atoms. The standard InChI is InChI=1S/C25H21F2N3O3/c1-16-10-21(9-8-18(16)15-28)30(2)24(31)23(13-17-11-19(26)14-20(27)12-17)29-25(32)33-22-6-4-3-5-7-22/h3-12,14,23H,13H2,1-2H3,(H,29,32). The highest BCUT2D eigenvalue weighted by Crippen LogP contribution is 2.20. The van der Waals surface area contributed by atoms with Crippen molar-refractivity contribution < 1.29 is 23.1 Å². The summed E-state index contributed by atoms with van der Waals surface area (Å²) in [5.41, 5.74) is 1.83. The Bertz CT molecular complexity index is 1190. The Morgan fingerprint density at radius 2 is 1.73 bits per heavy atom. The molecule has 1 atom stereocenters. The summed E-state index contributed by atoms with van der Waals surface area (Å²) in [6.07, 6.45) is -1.06. The fourth-order valence-corrected chi connectivity index (χ4v) is 3.27. The molecule has 0 aromatic heterocycles.